The molecular formula is C14H11N3O2S. The molecule has 0 bridgehead atoms. The van der Waals surface area contributed by atoms with Crippen LogP contribution in [0.5, 0.6) is 0 Å². The van der Waals surface area contributed by atoms with E-state index in [4.69, 9.17) is 0 Å². The van der Waals surface area contributed by atoms with Crippen LogP contribution in [0, 0.1) is 6.92 Å². The summed E-state index contributed by atoms with van der Waals surface area (Å²) < 4.78 is 1.44. The van der Waals surface area contributed by atoms with Gasteiger partial charge in [-0.1, -0.05) is 0 Å². The van der Waals surface area contributed by atoms with Crippen molar-refractivity contribution in [2.24, 2.45) is 0 Å². The number of aromatic nitrogens is 3. The molecule has 3 aromatic heterocycles. The predicted octanol–water partition coefficient (Wildman–Crippen LogP) is 2.30. The first-order chi connectivity index (χ1) is 9.65. The molecule has 0 radical (unpaired) electrons. The number of hydrogen-bond donors (Lipinski definition) is 1. The number of thiophene rings is 1. The number of carbonyl (C=O) groups excluding carboxylic acids is 1. The van der Waals surface area contributed by atoms with Gasteiger partial charge in [-0.05, 0) is 19.1 Å². The Morgan fingerprint density at radius 1 is 1.40 bits per heavy atom. The number of pyridine rings is 1. The average molecular weight is 285 g/mol. The highest BCUT2D eigenvalue weighted by molar-refractivity contribution is 7.13. The summed E-state index contributed by atoms with van der Waals surface area (Å²) >= 11 is 1.47. The Labute approximate surface area is 118 Å². The van der Waals surface area contributed by atoms with Gasteiger partial charge >= 0.3 is 0 Å². The molecule has 0 aliphatic heterocycles. The average Bonchev–Trinajstić information content (AvgIpc) is 3.09. The van der Waals surface area contributed by atoms with Gasteiger partial charge in [0.15, 0.2) is 0 Å². The van der Waals surface area contributed by atoms with E-state index in [0.29, 0.717) is 5.56 Å². The molecule has 1 N–H and O–H groups in total. The standard InChI is InChI=1S/C14H11N3O2S/c1-9-11(2-3-13(18)16-9)12-6-10(7-20-12)14(19)17-5-4-15-8-17/h2-8H,1H3,(H,16,18). The molecule has 100 valence electrons. The third kappa shape index (κ3) is 2.21. The minimum absolute atomic E-state index is 0.118. The highest BCUT2D eigenvalue weighted by atomic mass is 32.1. The number of aryl methyl sites for hydroxylation is 1. The SMILES string of the molecule is Cc1[nH]c(=O)ccc1-c1cc(C(=O)n2ccnc2)cs1. The van der Waals surface area contributed by atoms with Crippen molar-refractivity contribution in [1.82, 2.24) is 14.5 Å². The first-order valence-electron chi connectivity index (χ1n) is 5.96. The van der Waals surface area contributed by atoms with E-state index >= 15 is 0 Å². The molecule has 0 saturated heterocycles. The summed E-state index contributed by atoms with van der Waals surface area (Å²) in [5.41, 5.74) is 2.20. The van der Waals surface area contributed by atoms with Crippen molar-refractivity contribution < 1.29 is 4.79 Å². The van der Waals surface area contributed by atoms with Crippen molar-refractivity contribution in [1.29, 1.82) is 0 Å². The van der Waals surface area contributed by atoms with Gasteiger partial charge in [0, 0.05) is 40.0 Å². The molecule has 0 atom stereocenters. The number of aromatic amines is 1. The van der Waals surface area contributed by atoms with Gasteiger partial charge in [-0.15, -0.1) is 11.3 Å². The Hall–Kier alpha value is -2.47. The van der Waals surface area contributed by atoms with Crippen LogP contribution in [-0.2, 0) is 0 Å². The van der Waals surface area contributed by atoms with Crippen LogP contribution in [0.25, 0.3) is 10.4 Å². The summed E-state index contributed by atoms with van der Waals surface area (Å²) in [4.78, 5) is 31.0. The fraction of sp³-hybridized carbons (Fsp3) is 0.0714. The van der Waals surface area contributed by atoms with Crippen molar-refractivity contribution in [3.63, 3.8) is 0 Å². The Balaban J connectivity index is 1.98. The van der Waals surface area contributed by atoms with Crippen molar-refractivity contribution in [3.8, 4) is 10.4 Å². The summed E-state index contributed by atoms with van der Waals surface area (Å²) in [5.74, 6) is -0.118. The molecule has 0 aliphatic carbocycles. The van der Waals surface area contributed by atoms with Crippen molar-refractivity contribution >= 4 is 17.2 Å². The van der Waals surface area contributed by atoms with E-state index in [1.54, 1.807) is 18.5 Å². The second-order valence-corrected chi connectivity index (χ2v) is 5.25. The van der Waals surface area contributed by atoms with E-state index in [9.17, 15) is 9.59 Å². The highest BCUT2D eigenvalue weighted by Gasteiger charge is 2.12. The molecule has 20 heavy (non-hydrogen) atoms. The number of nitrogens with zero attached hydrogens (tertiary/aromatic N) is 2. The van der Waals surface area contributed by atoms with E-state index in [-0.39, 0.29) is 11.5 Å². The Bertz CT molecular complexity index is 815. The monoisotopic (exact) mass is 285 g/mol. The zero-order chi connectivity index (χ0) is 14.1. The number of imidazole rings is 1. The van der Waals surface area contributed by atoms with Gasteiger partial charge in [-0.3, -0.25) is 14.2 Å². The van der Waals surface area contributed by atoms with Crippen LogP contribution in [0.15, 0.2) is 47.1 Å². The Morgan fingerprint density at radius 2 is 2.25 bits per heavy atom. The summed E-state index contributed by atoms with van der Waals surface area (Å²) in [6, 6.07) is 5.08. The third-order valence-corrected chi connectivity index (χ3v) is 3.93. The summed E-state index contributed by atoms with van der Waals surface area (Å²) in [7, 11) is 0. The molecule has 0 unspecified atom stereocenters. The van der Waals surface area contributed by atoms with Crippen LogP contribution >= 0.6 is 11.3 Å². The lowest BCUT2D eigenvalue weighted by atomic mass is 10.1. The van der Waals surface area contributed by atoms with Crippen molar-refractivity contribution in [3.05, 3.63) is 63.9 Å². The maximum atomic E-state index is 12.2. The van der Waals surface area contributed by atoms with Crippen LogP contribution < -0.4 is 5.56 Å². The molecule has 0 amide bonds. The Morgan fingerprint density at radius 3 is 2.95 bits per heavy atom. The van der Waals surface area contributed by atoms with E-state index in [1.165, 1.54) is 28.3 Å². The molecule has 6 heteroatoms. The van der Waals surface area contributed by atoms with Crippen LogP contribution in [0.3, 0.4) is 0 Å². The fourth-order valence-electron chi connectivity index (χ4n) is 1.96. The number of hydrogen-bond acceptors (Lipinski definition) is 4. The lowest BCUT2D eigenvalue weighted by Gasteiger charge is -2.01. The third-order valence-electron chi connectivity index (χ3n) is 2.97. The fourth-order valence-corrected chi connectivity index (χ4v) is 2.93. The van der Waals surface area contributed by atoms with Crippen LogP contribution in [-0.4, -0.2) is 20.4 Å². The zero-order valence-electron chi connectivity index (χ0n) is 10.7. The van der Waals surface area contributed by atoms with Crippen LogP contribution in [0.1, 0.15) is 16.1 Å². The molecule has 3 aromatic rings. The van der Waals surface area contributed by atoms with E-state index < -0.39 is 0 Å². The summed E-state index contributed by atoms with van der Waals surface area (Å²) in [6.07, 6.45) is 4.66. The van der Waals surface area contributed by atoms with E-state index in [0.717, 1.165) is 16.1 Å². The summed E-state index contributed by atoms with van der Waals surface area (Å²) in [6.45, 7) is 1.84. The first-order valence-corrected chi connectivity index (χ1v) is 6.84. The molecule has 0 aromatic carbocycles. The molecule has 0 saturated carbocycles. The lowest BCUT2D eigenvalue weighted by Crippen LogP contribution is -2.08. The van der Waals surface area contributed by atoms with Crippen LogP contribution in [0.4, 0.5) is 0 Å². The maximum Gasteiger partial charge on any atom is 0.263 e. The van der Waals surface area contributed by atoms with E-state index in [2.05, 4.69) is 9.97 Å². The second-order valence-electron chi connectivity index (χ2n) is 4.34. The van der Waals surface area contributed by atoms with Gasteiger partial charge in [-0.2, -0.15) is 0 Å². The van der Waals surface area contributed by atoms with E-state index in [1.807, 2.05) is 18.4 Å². The largest absolute Gasteiger partial charge is 0.326 e. The smallest absolute Gasteiger partial charge is 0.263 e. The van der Waals surface area contributed by atoms with Crippen molar-refractivity contribution in [2.45, 2.75) is 6.92 Å². The maximum absolute atomic E-state index is 12.2. The van der Waals surface area contributed by atoms with Crippen molar-refractivity contribution in [2.75, 3.05) is 0 Å². The number of nitrogens with one attached hydrogen (secondary N) is 1. The molecule has 0 aliphatic rings. The molecular weight excluding hydrogens is 274 g/mol. The van der Waals surface area contributed by atoms with Gasteiger partial charge in [0.2, 0.25) is 5.56 Å². The number of H-pyrrole nitrogens is 1. The second kappa shape index (κ2) is 4.90. The predicted molar refractivity (Wildman–Crippen MR) is 77.1 cm³/mol. The minimum atomic E-state index is -0.127. The summed E-state index contributed by atoms with van der Waals surface area (Å²) in [5, 5.41) is 1.81. The minimum Gasteiger partial charge on any atom is -0.326 e. The van der Waals surface area contributed by atoms with Crippen LogP contribution in [0.2, 0.25) is 0 Å². The molecule has 0 spiro atoms. The lowest BCUT2D eigenvalue weighted by molar-refractivity contribution is 0.0960. The van der Waals surface area contributed by atoms with Gasteiger partial charge in [0.05, 0.1) is 5.56 Å². The molecule has 3 heterocycles. The topological polar surface area (TPSA) is 67.8 Å². The highest BCUT2D eigenvalue weighted by Crippen LogP contribution is 2.28. The normalized spacial score (nSPS) is 10.7. The molecule has 5 nitrogen and oxygen atoms in total. The quantitative estimate of drug-likeness (QED) is 0.785. The Kier molecular flexibility index (Phi) is 3.08. The van der Waals surface area contributed by atoms with Gasteiger partial charge in [0.1, 0.15) is 6.33 Å². The van der Waals surface area contributed by atoms with Gasteiger partial charge < -0.3 is 4.98 Å². The first kappa shape index (κ1) is 12.6. The number of carbonyl (C=O) groups is 1. The number of rotatable bonds is 2. The zero-order valence-corrected chi connectivity index (χ0v) is 11.5. The molecule has 0 fully saturated rings. The van der Waals surface area contributed by atoms with Gasteiger partial charge in [0.25, 0.3) is 5.91 Å². The molecule has 3 rings (SSSR count). The van der Waals surface area contributed by atoms with Gasteiger partial charge in [-0.25, -0.2) is 4.98 Å².